The molecule has 5 nitrogen and oxygen atoms in total. The Labute approximate surface area is 154 Å². The molecule has 0 aliphatic rings. The third-order valence-electron chi connectivity index (χ3n) is 3.42. The first-order valence-electron chi connectivity index (χ1n) is 7.46. The number of hydrogen-bond donors (Lipinski definition) is 1. The van der Waals surface area contributed by atoms with Crippen molar-refractivity contribution in [1.82, 2.24) is 15.2 Å². The van der Waals surface area contributed by atoms with Gasteiger partial charge in [0.2, 0.25) is 0 Å². The van der Waals surface area contributed by atoms with Crippen molar-refractivity contribution in [1.29, 1.82) is 0 Å². The van der Waals surface area contributed by atoms with Crippen LogP contribution in [0.4, 0.5) is 0 Å². The molecule has 126 valence electrons. The van der Waals surface area contributed by atoms with Crippen molar-refractivity contribution >= 4 is 35.3 Å². The molecule has 1 heterocycles. The lowest BCUT2D eigenvalue weighted by atomic mass is 10.1. The maximum Gasteiger partial charge on any atom is 0.271 e. The zero-order chi connectivity index (χ0) is 17.6. The van der Waals surface area contributed by atoms with Gasteiger partial charge in [-0.3, -0.25) is 9.48 Å². The molecule has 25 heavy (non-hydrogen) atoms. The van der Waals surface area contributed by atoms with Crippen LogP contribution in [0.15, 0.2) is 66.0 Å². The number of rotatable bonds is 5. The molecule has 0 aliphatic carbocycles. The Hall–Kier alpha value is -2.63. The van der Waals surface area contributed by atoms with Crippen LogP contribution in [0.3, 0.4) is 0 Å². The minimum atomic E-state index is -0.293. The molecule has 0 fully saturated rings. The van der Waals surface area contributed by atoms with Gasteiger partial charge in [-0.2, -0.15) is 10.2 Å². The summed E-state index contributed by atoms with van der Waals surface area (Å²) in [6.45, 7) is 0.598. The highest BCUT2D eigenvalue weighted by atomic mass is 35.5. The van der Waals surface area contributed by atoms with Gasteiger partial charge in [0.25, 0.3) is 5.91 Å². The lowest BCUT2D eigenvalue weighted by Crippen LogP contribution is -2.18. The van der Waals surface area contributed by atoms with Crippen molar-refractivity contribution in [3.05, 3.63) is 87.7 Å². The smallest absolute Gasteiger partial charge is 0.268 e. The predicted molar refractivity (Wildman–Crippen MR) is 99.3 cm³/mol. The van der Waals surface area contributed by atoms with E-state index in [0.29, 0.717) is 22.2 Å². The van der Waals surface area contributed by atoms with E-state index in [1.165, 1.54) is 6.21 Å². The second kappa shape index (κ2) is 7.96. The number of carbonyl (C=O) groups is 1. The number of benzene rings is 2. The van der Waals surface area contributed by atoms with E-state index in [2.05, 4.69) is 15.6 Å². The highest BCUT2D eigenvalue weighted by molar-refractivity contribution is 6.42. The predicted octanol–water partition coefficient (Wildman–Crippen LogP) is 4.00. The maximum absolute atomic E-state index is 12.2. The number of hydrogen-bond acceptors (Lipinski definition) is 3. The van der Waals surface area contributed by atoms with Crippen LogP contribution in [-0.4, -0.2) is 21.9 Å². The third-order valence-corrected chi connectivity index (χ3v) is 4.16. The Bertz CT molecular complexity index is 907. The summed E-state index contributed by atoms with van der Waals surface area (Å²) in [5, 5.41) is 9.01. The van der Waals surface area contributed by atoms with Crippen molar-refractivity contribution in [2.45, 2.75) is 6.54 Å². The maximum atomic E-state index is 12.2. The fraction of sp³-hybridized carbons (Fsp3) is 0.0556. The second-order valence-corrected chi connectivity index (χ2v) is 6.09. The van der Waals surface area contributed by atoms with Crippen LogP contribution in [0, 0.1) is 0 Å². The van der Waals surface area contributed by atoms with E-state index >= 15 is 0 Å². The van der Waals surface area contributed by atoms with Gasteiger partial charge >= 0.3 is 0 Å². The number of carbonyl (C=O) groups excluding carboxylic acids is 1. The molecule has 0 bridgehead atoms. The van der Waals surface area contributed by atoms with Crippen molar-refractivity contribution in [2.75, 3.05) is 0 Å². The van der Waals surface area contributed by atoms with E-state index in [1.807, 2.05) is 30.5 Å². The average Bonchev–Trinajstić information content (AvgIpc) is 3.11. The zero-order valence-corrected chi connectivity index (χ0v) is 14.6. The van der Waals surface area contributed by atoms with Gasteiger partial charge in [0.05, 0.1) is 22.8 Å². The molecule has 3 aromatic rings. The van der Waals surface area contributed by atoms with Gasteiger partial charge in [-0.25, -0.2) is 5.43 Å². The van der Waals surface area contributed by atoms with E-state index in [-0.39, 0.29) is 5.91 Å². The standard InChI is InChI=1S/C18H14Cl2N4O/c19-16-6-5-13(10-17(16)20)11-21-23-18(25)15-4-1-3-14(9-15)12-24-8-2-7-22-24/h1-11H,12H2,(H,23,25)/b21-11-. The number of halogens is 2. The SMILES string of the molecule is O=C(N/N=C\c1ccc(Cl)c(Cl)c1)c1cccc(Cn2cccn2)c1. The van der Waals surface area contributed by atoms with E-state index in [0.717, 1.165) is 11.1 Å². The minimum Gasteiger partial charge on any atom is -0.268 e. The van der Waals surface area contributed by atoms with E-state index in [9.17, 15) is 4.79 Å². The summed E-state index contributed by atoms with van der Waals surface area (Å²) >= 11 is 11.8. The van der Waals surface area contributed by atoms with Crippen LogP contribution in [0.1, 0.15) is 21.5 Å². The van der Waals surface area contributed by atoms with Crippen molar-refractivity contribution < 1.29 is 4.79 Å². The number of aromatic nitrogens is 2. The van der Waals surface area contributed by atoms with Gasteiger partial charge in [-0.15, -0.1) is 0 Å². The first-order valence-corrected chi connectivity index (χ1v) is 8.22. The van der Waals surface area contributed by atoms with Crippen LogP contribution < -0.4 is 5.43 Å². The summed E-state index contributed by atoms with van der Waals surface area (Å²) in [5.74, 6) is -0.293. The highest BCUT2D eigenvalue weighted by Crippen LogP contribution is 2.21. The minimum absolute atomic E-state index is 0.293. The topological polar surface area (TPSA) is 59.3 Å². The molecule has 0 radical (unpaired) electrons. The molecule has 0 saturated heterocycles. The second-order valence-electron chi connectivity index (χ2n) is 5.28. The molecular formula is C18H14Cl2N4O. The molecule has 3 rings (SSSR count). The molecule has 1 amide bonds. The number of nitrogens with one attached hydrogen (secondary N) is 1. The molecule has 0 saturated carbocycles. The number of hydrazone groups is 1. The largest absolute Gasteiger partial charge is 0.271 e. The van der Waals surface area contributed by atoms with Gasteiger partial charge < -0.3 is 0 Å². The van der Waals surface area contributed by atoms with Gasteiger partial charge in [-0.1, -0.05) is 41.4 Å². The molecule has 1 aromatic heterocycles. The van der Waals surface area contributed by atoms with Crippen LogP contribution >= 0.6 is 23.2 Å². The normalized spacial score (nSPS) is 11.0. The van der Waals surface area contributed by atoms with Crippen LogP contribution in [-0.2, 0) is 6.54 Å². The fourth-order valence-corrected chi connectivity index (χ4v) is 2.52. The van der Waals surface area contributed by atoms with Gasteiger partial charge in [0, 0.05) is 18.0 Å². The Kier molecular flexibility index (Phi) is 5.48. The van der Waals surface area contributed by atoms with E-state index in [4.69, 9.17) is 23.2 Å². The first-order chi connectivity index (χ1) is 12.1. The van der Waals surface area contributed by atoms with Crippen molar-refractivity contribution in [3.63, 3.8) is 0 Å². The molecule has 0 aliphatic heterocycles. The Balaban J connectivity index is 1.64. The lowest BCUT2D eigenvalue weighted by molar-refractivity contribution is 0.0955. The number of amides is 1. The van der Waals surface area contributed by atoms with Gasteiger partial charge in [0.1, 0.15) is 0 Å². The van der Waals surface area contributed by atoms with Gasteiger partial charge in [0.15, 0.2) is 0 Å². The lowest BCUT2D eigenvalue weighted by Gasteiger charge is -2.05. The quantitative estimate of drug-likeness (QED) is 0.543. The van der Waals surface area contributed by atoms with Crippen LogP contribution in [0.5, 0.6) is 0 Å². The monoisotopic (exact) mass is 372 g/mol. The summed E-state index contributed by atoms with van der Waals surface area (Å²) in [7, 11) is 0. The molecular weight excluding hydrogens is 359 g/mol. The molecule has 1 N–H and O–H groups in total. The molecule has 0 atom stereocenters. The fourth-order valence-electron chi connectivity index (χ4n) is 2.21. The summed E-state index contributed by atoms with van der Waals surface area (Å²) < 4.78 is 1.79. The first kappa shape index (κ1) is 17.2. The summed E-state index contributed by atoms with van der Waals surface area (Å²) in [4.78, 5) is 12.2. The zero-order valence-electron chi connectivity index (χ0n) is 13.1. The van der Waals surface area contributed by atoms with Gasteiger partial charge in [-0.05, 0) is 41.5 Å². The Morgan fingerprint density at radius 2 is 2.04 bits per heavy atom. The third kappa shape index (κ3) is 4.68. The molecule has 0 spiro atoms. The van der Waals surface area contributed by atoms with Crippen molar-refractivity contribution in [2.24, 2.45) is 5.10 Å². The molecule has 2 aromatic carbocycles. The average molecular weight is 373 g/mol. The summed E-state index contributed by atoms with van der Waals surface area (Å²) in [6.07, 6.45) is 5.09. The van der Waals surface area contributed by atoms with E-state index in [1.54, 1.807) is 35.1 Å². The summed E-state index contributed by atoms with van der Waals surface area (Å²) in [6, 6.07) is 14.3. The number of nitrogens with zero attached hydrogens (tertiary/aromatic N) is 3. The Morgan fingerprint density at radius 1 is 1.16 bits per heavy atom. The van der Waals surface area contributed by atoms with Crippen LogP contribution in [0.25, 0.3) is 0 Å². The highest BCUT2D eigenvalue weighted by Gasteiger charge is 2.05. The van der Waals surface area contributed by atoms with E-state index < -0.39 is 0 Å². The summed E-state index contributed by atoms with van der Waals surface area (Å²) in [5.41, 5.74) is 4.74. The Morgan fingerprint density at radius 3 is 2.80 bits per heavy atom. The molecule has 7 heteroatoms. The van der Waals surface area contributed by atoms with Crippen molar-refractivity contribution in [3.8, 4) is 0 Å². The van der Waals surface area contributed by atoms with Crippen LogP contribution in [0.2, 0.25) is 10.0 Å². The molecule has 0 unspecified atom stereocenters.